The Balaban J connectivity index is 3.00. The summed E-state index contributed by atoms with van der Waals surface area (Å²) in [5.41, 5.74) is 7.45. The van der Waals surface area contributed by atoms with Gasteiger partial charge in [0.05, 0.1) is 6.04 Å². The molecule has 0 aromatic heterocycles. The molecule has 3 heteroatoms. The van der Waals surface area contributed by atoms with Crippen molar-refractivity contribution in [3.63, 3.8) is 0 Å². The molecule has 0 aliphatic heterocycles. The van der Waals surface area contributed by atoms with Gasteiger partial charge >= 0.3 is 0 Å². The van der Waals surface area contributed by atoms with Gasteiger partial charge in [-0.3, -0.25) is 4.79 Å². The van der Waals surface area contributed by atoms with E-state index in [-0.39, 0.29) is 11.8 Å². The number of nitrogens with two attached hydrogens (primary N) is 1. The normalized spacial score (nSPS) is 20.0. The smallest absolute Gasteiger partial charge is 0.162 e. The van der Waals surface area contributed by atoms with Crippen LogP contribution >= 0.6 is 0 Å². The highest BCUT2D eigenvalue weighted by Gasteiger charge is 2.22. The van der Waals surface area contributed by atoms with Crippen LogP contribution in [0, 0.1) is 0 Å². The lowest BCUT2D eigenvalue weighted by Gasteiger charge is -2.21. The summed E-state index contributed by atoms with van der Waals surface area (Å²) in [5, 5.41) is 3.03. The van der Waals surface area contributed by atoms with E-state index in [4.69, 9.17) is 5.73 Å². The van der Waals surface area contributed by atoms with E-state index >= 15 is 0 Å². The van der Waals surface area contributed by atoms with Gasteiger partial charge in [0.2, 0.25) is 0 Å². The van der Waals surface area contributed by atoms with Gasteiger partial charge in [0.25, 0.3) is 0 Å². The van der Waals surface area contributed by atoms with Crippen LogP contribution in [-0.2, 0) is 4.79 Å². The number of rotatable bonds is 3. The maximum absolute atomic E-state index is 11.5. The maximum atomic E-state index is 11.5. The fraction of sp³-hybridized carbons (Fsp3) is 0.500. The third-order valence-corrected chi connectivity index (χ3v) is 2.35. The summed E-state index contributed by atoms with van der Waals surface area (Å²) < 4.78 is 0. The summed E-state index contributed by atoms with van der Waals surface area (Å²) in [6.45, 7) is 3.60. The van der Waals surface area contributed by atoms with E-state index in [1.54, 1.807) is 6.08 Å². The first kappa shape index (κ1) is 9.99. The standard InChI is InChI=1S/C10H16N2O/c1-3-7(11)10-8(12-2)5-4-6-9(10)13/h3,7,12H,1,4-6,11H2,2H3. The Labute approximate surface area is 78.7 Å². The van der Waals surface area contributed by atoms with Crippen LogP contribution in [0.15, 0.2) is 23.9 Å². The van der Waals surface area contributed by atoms with E-state index in [2.05, 4.69) is 11.9 Å². The van der Waals surface area contributed by atoms with E-state index in [9.17, 15) is 4.79 Å². The molecule has 72 valence electrons. The number of hydrogen-bond acceptors (Lipinski definition) is 3. The summed E-state index contributed by atoms with van der Waals surface area (Å²) in [5.74, 6) is 0.156. The second kappa shape index (κ2) is 4.23. The van der Waals surface area contributed by atoms with Crippen LogP contribution in [-0.4, -0.2) is 18.9 Å². The zero-order chi connectivity index (χ0) is 9.84. The Morgan fingerprint density at radius 3 is 2.85 bits per heavy atom. The Hall–Kier alpha value is -1.09. The molecule has 1 unspecified atom stereocenters. The first-order valence-corrected chi connectivity index (χ1v) is 4.52. The average molecular weight is 180 g/mol. The van der Waals surface area contributed by atoms with Crippen molar-refractivity contribution in [2.45, 2.75) is 25.3 Å². The van der Waals surface area contributed by atoms with Gasteiger partial charge in [0, 0.05) is 24.7 Å². The zero-order valence-corrected chi connectivity index (χ0v) is 7.97. The van der Waals surface area contributed by atoms with Crippen molar-refractivity contribution in [3.8, 4) is 0 Å². The molecule has 0 spiro atoms. The van der Waals surface area contributed by atoms with Crippen LogP contribution in [0.5, 0.6) is 0 Å². The molecule has 0 aromatic rings. The van der Waals surface area contributed by atoms with Crippen LogP contribution in [0.2, 0.25) is 0 Å². The molecular formula is C10H16N2O. The topological polar surface area (TPSA) is 55.1 Å². The predicted molar refractivity (Wildman–Crippen MR) is 53.1 cm³/mol. The monoisotopic (exact) mass is 180 g/mol. The third-order valence-electron chi connectivity index (χ3n) is 2.35. The van der Waals surface area contributed by atoms with Gasteiger partial charge in [-0.15, -0.1) is 6.58 Å². The minimum absolute atomic E-state index is 0.156. The quantitative estimate of drug-likeness (QED) is 0.629. The molecule has 1 rings (SSSR count). The third kappa shape index (κ3) is 1.98. The molecule has 0 fully saturated rings. The highest BCUT2D eigenvalue weighted by Crippen LogP contribution is 2.21. The molecule has 0 amide bonds. The lowest BCUT2D eigenvalue weighted by Crippen LogP contribution is -2.31. The van der Waals surface area contributed by atoms with E-state index in [1.165, 1.54) is 0 Å². The largest absolute Gasteiger partial charge is 0.391 e. The van der Waals surface area contributed by atoms with Crippen LogP contribution < -0.4 is 11.1 Å². The summed E-state index contributed by atoms with van der Waals surface area (Å²) in [6.07, 6.45) is 4.05. The zero-order valence-electron chi connectivity index (χ0n) is 7.97. The fourth-order valence-electron chi connectivity index (χ4n) is 1.63. The summed E-state index contributed by atoms with van der Waals surface area (Å²) in [6, 6.07) is -0.324. The number of allylic oxidation sites excluding steroid dienone is 1. The van der Waals surface area contributed by atoms with Crippen LogP contribution in [0.3, 0.4) is 0 Å². The number of ketones is 1. The Morgan fingerprint density at radius 1 is 1.62 bits per heavy atom. The molecule has 0 saturated heterocycles. The molecule has 1 aliphatic carbocycles. The first-order chi connectivity index (χ1) is 6.20. The first-order valence-electron chi connectivity index (χ1n) is 4.52. The van der Waals surface area contributed by atoms with E-state index < -0.39 is 0 Å². The van der Waals surface area contributed by atoms with Crippen molar-refractivity contribution in [1.29, 1.82) is 0 Å². The lowest BCUT2D eigenvalue weighted by atomic mass is 9.90. The minimum atomic E-state index is -0.324. The molecule has 13 heavy (non-hydrogen) atoms. The molecular weight excluding hydrogens is 164 g/mol. The van der Waals surface area contributed by atoms with Crippen molar-refractivity contribution < 1.29 is 4.79 Å². The van der Waals surface area contributed by atoms with Gasteiger partial charge < -0.3 is 11.1 Å². The summed E-state index contributed by atoms with van der Waals surface area (Å²) in [4.78, 5) is 11.5. The summed E-state index contributed by atoms with van der Waals surface area (Å²) in [7, 11) is 1.82. The fourth-order valence-corrected chi connectivity index (χ4v) is 1.63. The highest BCUT2D eigenvalue weighted by atomic mass is 16.1. The van der Waals surface area contributed by atoms with Crippen LogP contribution in [0.1, 0.15) is 19.3 Å². The molecule has 0 radical (unpaired) electrons. The van der Waals surface area contributed by atoms with Crippen molar-refractivity contribution in [1.82, 2.24) is 5.32 Å². The van der Waals surface area contributed by atoms with E-state index in [0.29, 0.717) is 12.0 Å². The van der Waals surface area contributed by atoms with Gasteiger partial charge in [-0.2, -0.15) is 0 Å². The van der Waals surface area contributed by atoms with E-state index in [0.717, 1.165) is 18.5 Å². The van der Waals surface area contributed by atoms with Gasteiger partial charge in [-0.1, -0.05) is 6.08 Å². The number of nitrogens with one attached hydrogen (secondary N) is 1. The average Bonchev–Trinajstić information content (AvgIpc) is 2.16. The molecule has 0 saturated carbocycles. The second-order valence-corrected chi connectivity index (χ2v) is 3.18. The van der Waals surface area contributed by atoms with Crippen molar-refractivity contribution in [3.05, 3.63) is 23.9 Å². The maximum Gasteiger partial charge on any atom is 0.162 e. The molecule has 1 aliphatic rings. The lowest BCUT2D eigenvalue weighted by molar-refractivity contribution is -0.116. The minimum Gasteiger partial charge on any atom is -0.391 e. The summed E-state index contributed by atoms with van der Waals surface area (Å²) >= 11 is 0. The Bertz CT molecular complexity index is 256. The SMILES string of the molecule is C=CC(N)C1=C(NC)CCCC1=O. The number of Topliss-reactive ketones (excluding diaryl/α,β-unsaturated/α-hetero) is 1. The van der Waals surface area contributed by atoms with Gasteiger partial charge in [0.1, 0.15) is 0 Å². The molecule has 0 bridgehead atoms. The molecule has 0 heterocycles. The van der Waals surface area contributed by atoms with E-state index in [1.807, 2.05) is 7.05 Å². The molecule has 0 aromatic carbocycles. The highest BCUT2D eigenvalue weighted by molar-refractivity contribution is 5.98. The number of hydrogen-bond donors (Lipinski definition) is 2. The van der Waals surface area contributed by atoms with Gasteiger partial charge in [-0.05, 0) is 12.8 Å². The molecule has 3 N–H and O–H groups in total. The van der Waals surface area contributed by atoms with Crippen LogP contribution in [0.4, 0.5) is 0 Å². The van der Waals surface area contributed by atoms with Crippen LogP contribution in [0.25, 0.3) is 0 Å². The second-order valence-electron chi connectivity index (χ2n) is 3.18. The predicted octanol–water partition coefficient (Wildman–Crippen LogP) is 0.726. The van der Waals surface area contributed by atoms with Gasteiger partial charge in [0.15, 0.2) is 5.78 Å². The molecule has 3 nitrogen and oxygen atoms in total. The number of carbonyl (C=O) groups excluding carboxylic acids is 1. The van der Waals surface area contributed by atoms with Crippen molar-refractivity contribution >= 4 is 5.78 Å². The number of carbonyl (C=O) groups is 1. The Kier molecular flexibility index (Phi) is 3.25. The van der Waals surface area contributed by atoms with Gasteiger partial charge in [-0.25, -0.2) is 0 Å². The Morgan fingerprint density at radius 2 is 2.31 bits per heavy atom. The molecule has 1 atom stereocenters. The van der Waals surface area contributed by atoms with Crippen molar-refractivity contribution in [2.75, 3.05) is 7.05 Å². The van der Waals surface area contributed by atoms with Crippen molar-refractivity contribution in [2.24, 2.45) is 5.73 Å².